The molecule has 0 aromatic rings. The van der Waals surface area contributed by atoms with Crippen LogP contribution in [0.3, 0.4) is 0 Å². The molecular formula is C7H13N3. The van der Waals surface area contributed by atoms with E-state index in [9.17, 15) is 0 Å². The van der Waals surface area contributed by atoms with Gasteiger partial charge in [0.2, 0.25) is 0 Å². The van der Waals surface area contributed by atoms with Gasteiger partial charge in [-0.25, -0.2) is 0 Å². The van der Waals surface area contributed by atoms with Crippen molar-refractivity contribution in [1.82, 2.24) is 5.01 Å². The molecule has 0 saturated carbocycles. The van der Waals surface area contributed by atoms with Crippen LogP contribution in [-0.4, -0.2) is 31.0 Å². The standard InChI is InChI=1S/C7H13N3/c1-4-10(5-2)9-7-6-8-3/h4,6-7H,1,5H2,2-3H3/b8-6?,9-7+. The number of hydrogen-bond acceptors (Lipinski definition) is 3. The van der Waals surface area contributed by atoms with Crippen molar-refractivity contribution < 1.29 is 0 Å². The predicted octanol–water partition coefficient (Wildman–Crippen LogP) is 1.14. The average molecular weight is 139 g/mol. The average Bonchev–Trinajstić information content (AvgIpc) is 1.99. The molecule has 0 N–H and O–H groups in total. The summed E-state index contributed by atoms with van der Waals surface area (Å²) >= 11 is 0. The van der Waals surface area contributed by atoms with E-state index >= 15 is 0 Å². The molecule has 0 saturated heterocycles. The molecule has 0 aliphatic heterocycles. The third-order valence-electron chi connectivity index (χ3n) is 0.965. The molecule has 10 heavy (non-hydrogen) atoms. The minimum atomic E-state index is 0.831. The maximum Gasteiger partial charge on any atom is 0.0652 e. The van der Waals surface area contributed by atoms with Gasteiger partial charge < -0.3 is 0 Å². The van der Waals surface area contributed by atoms with E-state index in [1.807, 2.05) is 6.92 Å². The monoisotopic (exact) mass is 139 g/mol. The van der Waals surface area contributed by atoms with Crippen LogP contribution >= 0.6 is 0 Å². The molecule has 0 unspecified atom stereocenters. The fraction of sp³-hybridized carbons (Fsp3) is 0.429. The van der Waals surface area contributed by atoms with E-state index in [1.54, 1.807) is 30.7 Å². The van der Waals surface area contributed by atoms with Gasteiger partial charge in [0.1, 0.15) is 0 Å². The largest absolute Gasteiger partial charge is 0.295 e. The summed E-state index contributed by atoms with van der Waals surface area (Å²) < 4.78 is 0. The molecule has 0 bridgehead atoms. The first-order valence-electron chi connectivity index (χ1n) is 3.19. The molecule has 0 aliphatic rings. The maximum atomic E-state index is 3.99. The van der Waals surface area contributed by atoms with E-state index in [1.165, 1.54) is 0 Å². The van der Waals surface area contributed by atoms with Gasteiger partial charge in [0.25, 0.3) is 0 Å². The van der Waals surface area contributed by atoms with Crippen molar-refractivity contribution in [2.45, 2.75) is 6.92 Å². The lowest BCUT2D eigenvalue weighted by Gasteiger charge is -2.07. The number of hydrazone groups is 1. The Hall–Kier alpha value is -1.12. The molecule has 0 amide bonds. The summed E-state index contributed by atoms with van der Waals surface area (Å²) in [4.78, 5) is 3.74. The lowest BCUT2D eigenvalue weighted by molar-refractivity contribution is 0.426. The van der Waals surface area contributed by atoms with E-state index in [2.05, 4.69) is 16.7 Å². The fourth-order valence-corrected chi connectivity index (χ4v) is 0.440. The van der Waals surface area contributed by atoms with Gasteiger partial charge >= 0.3 is 0 Å². The van der Waals surface area contributed by atoms with Crippen LogP contribution in [0, 0.1) is 0 Å². The number of nitrogens with zero attached hydrogens (tertiary/aromatic N) is 3. The Bertz CT molecular complexity index is 138. The molecule has 0 aromatic carbocycles. The molecular weight excluding hydrogens is 126 g/mol. The Labute approximate surface area is 61.8 Å². The first kappa shape index (κ1) is 8.88. The first-order valence-corrected chi connectivity index (χ1v) is 3.19. The van der Waals surface area contributed by atoms with Crippen molar-refractivity contribution in [2.75, 3.05) is 13.6 Å². The Morgan fingerprint density at radius 1 is 1.50 bits per heavy atom. The zero-order valence-corrected chi connectivity index (χ0v) is 6.49. The number of rotatable bonds is 4. The fourth-order valence-electron chi connectivity index (χ4n) is 0.440. The summed E-state index contributed by atoms with van der Waals surface area (Å²) in [5, 5.41) is 5.72. The number of hydrogen-bond donors (Lipinski definition) is 0. The van der Waals surface area contributed by atoms with E-state index in [0.29, 0.717) is 0 Å². The summed E-state index contributed by atoms with van der Waals surface area (Å²) in [6.07, 6.45) is 4.93. The molecule has 0 aromatic heterocycles. The van der Waals surface area contributed by atoms with Gasteiger partial charge in [-0.05, 0) is 6.92 Å². The summed E-state index contributed by atoms with van der Waals surface area (Å²) in [7, 11) is 1.70. The van der Waals surface area contributed by atoms with E-state index < -0.39 is 0 Å². The SMILES string of the molecule is C=CN(CC)/N=C/C=NC. The quantitative estimate of drug-likeness (QED) is 0.424. The van der Waals surface area contributed by atoms with Gasteiger partial charge in [-0.2, -0.15) is 5.10 Å². The highest BCUT2D eigenvalue weighted by atomic mass is 15.4. The second-order valence-electron chi connectivity index (χ2n) is 1.61. The van der Waals surface area contributed by atoms with Crippen molar-refractivity contribution in [1.29, 1.82) is 0 Å². The van der Waals surface area contributed by atoms with E-state index in [-0.39, 0.29) is 0 Å². The highest BCUT2D eigenvalue weighted by Gasteiger charge is 1.83. The highest BCUT2D eigenvalue weighted by Crippen LogP contribution is 1.84. The molecule has 0 radical (unpaired) electrons. The second-order valence-corrected chi connectivity index (χ2v) is 1.61. The van der Waals surface area contributed by atoms with Crippen LogP contribution in [0.2, 0.25) is 0 Å². The molecule has 0 atom stereocenters. The van der Waals surface area contributed by atoms with Crippen LogP contribution in [0.25, 0.3) is 0 Å². The lowest BCUT2D eigenvalue weighted by Crippen LogP contribution is -2.07. The Morgan fingerprint density at radius 2 is 2.20 bits per heavy atom. The molecule has 0 fully saturated rings. The third kappa shape index (κ3) is 3.83. The molecule has 0 spiro atoms. The van der Waals surface area contributed by atoms with Crippen LogP contribution in [-0.2, 0) is 0 Å². The molecule has 3 nitrogen and oxygen atoms in total. The van der Waals surface area contributed by atoms with Crippen molar-refractivity contribution in [3.8, 4) is 0 Å². The lowest BCUT2D eigenvalue weighted by atomic mass is 10.7. The van der Waals surface area contributed by atoms with Crippen molar-refractivity contribution in [2.24, 2.45) is 10.1 Å². The van der Waals surface area contributed by atoms with Gasteiger partial charge in [0, 0.05) is 26.0 Å². The molecule has 0 heterocycles. The molecule has 0 rings (SSSR count). The zero-order chi connectivity index (χ0) is 7.82. The molecule has 56 valence electrons. The van der Waals surface area contributed by atoms with Crippen LogP contribution < -0.4 is 0 Å². The maximum absolute atomic E-state index is 3.99. The molecule has 3 heteroatoms. The van der Waals surface area contributed by atoms with Crippen LogP contribution in [0.4, 0.5) is 0 Å². The van der Waals surface area contributed by atoms with Crippen molar-refractivity contribution >= 4 is 12.4 Å². The van der Waals surface area contributed by atoms with Gasteiger partial charge in [-0.15, -0.1) is 0 Å². The zero-order valence-electron chi connectivity index (χ0n) is 6.49. The molecule has 0 aliphatic carbocycles. The minimum absolute atomic E-state index is 0.831. The van der Waals surface area contributed by atoms with Crippen molar-refractivity contribution in [3.63, 3.8) is 0 Å². The summed E-state index contributed by atoms with van der Waals surface area (Å²) in [6, 6.07) is 0. The highest BCUT2D eigenvalue weighted by molar-refractivity contribution is 6.15. The van der Waals surface area contributed by atoms with Gasteiger partial charge in [0.05, 0.1) is 6.21 Å². The summed E-state index contributed by atoms with van der Waals surface area (Å²) in [5.41, 5.74) is 0. The van der Waals surface area contributed by atoms with Crippen LogP contribution in [0.1, 0.15) is 6.92 Å². The van der Waals surface area contributed by atoms with Gasteiger partial charge in [-0.1, -0.05) is 6.58 Å². The topological polar surface area (TPSA) is 28.0 Å². The minimum Gasteiger partial charge on any atom is -0.295 e. The summed E-state index contributed by atoms with van der Waals surface area (Å²) in [5.74, 6) is 0. The smallest absolute Gasteiger partial charge is 0.0652 e. The van der Waals surface area contributed by atoms with E-state index in [4.69, 9.17) is 0 Å². The Morgan fingerprint density at radius 3 is 2.60 bits per heavy atom. The number of aliphatic imine (C=N–C) groups is 1. The normalized spacial score (nSPS) is 11.0. The predicted molar refractivity (Wildman–Crippen MR) is 45.5 cm³/mol. The first-order chi connectivity index (χ1) is 4.85. The third-order valence-corrected chi connectivity index (χ3v) is 0.965. The Kier molecular flexibility index (Phi) is 5.33. The van der Waals surface area contributed by atoms with Crippen LogP contribution in [0.15, 0.2) is 22.9 Å². The van der Waals surface area contributed by atoms with Crippen LogP contribution in [0.5, 0.6) is 0 Å². The second kappa shape index (κ2) is 6.01. The Balaban J connectivity index is 3.71. The van der Waals surface area contributed by atoms with Gasteiger partial charge in [0.15, 0.2) is 0 Å². The summed E-state index contributed by atoms with van der Waals surface area (Å²) in [6.45, 7) is 6.41. The van der Waals surface area contributed by atoms with Crippen molar-refractivity contribution in [3.05, 3.63) is 12.8 Å². The van der Waals surface area contributed by atoms with E-state index in [0.717, 1.165) is 6.54 Å². The van der Waals surface area contributed by atoms with Gasteiger partial charge in [-0.3, -0.25) is 10.0 Å².